The van der Waals surface area contributed by atoms with E-state index >= 15 is 0 Å². The van der Waals surface area contributed by atoms with Gasteiger partial charge in [0.1, 0.15) is 6.61 Å². The van der Waals surface area contributed by atoms with Crippen LogP contribution in [-0.4, -0.2) is 29.8 Å². The molecule has 1 aromatic heterocycles. The van der Waals surface area contributed by atoms with Crippen molar-refractivity contribution in [3.05, 3.63) is 78.1 Å². The quantitative estimate of drug-likeness (QED) is 0.677. The number of ether oxygens (including phenoxy) is 1. The fraction of sp³-hybridized carbons (Fsp3) is 0.158. The lowest BCUT2D eigenvalue weighted by Gasteiger charge is -2.12. The van der Waals surface area contributed by atoms with Crippen LogP contribution in [-0.2, 0) is 11.3 Å². The molecule has 0 radical (unpaired) electrons. The Kier molecular flexibility index (Phi) is 4.61. The minimum absolute atomic E-state index is 0.196. The van der Waals surface area contributed by atoms with E-state index < -0.39 is 0 Å². The Hall–Kier alpha value is -3.08. The molecule has 0 bridgehead atoms. The summed E-state index contributed by atoms with van der Waals surface area (Å²) in [5.74, 6) is -0.340. The van der Waals surface area contributed by atoms with E-state index in [1.807, 2.05) is 67.7 Å². The maximum Gasteiger partial charge on any atom is 0.338 e. The molecular weight excluding hydrogens is 302 g/mol. The van der Waals surface area contributed by atoms with E-state index in [4.69, 9.17) is 4.74 Å². The number of carbonyl (C=O) groups is 1. The van der Waals surface area contributed by atoms with Crippen LogP contribution in [0.3, 0.4) is 0 Å². The molecule has 1 heterocycles. The largest absolute Gasteiger partial charge is 0.457 e. The fourth-order valence-corrected chi connectivity index (χ4v) is 2.28. The lowest BCUT2D eigenvalue weighted by atomic mass is 10.2. The van der Waals surface area contributed by atoms with Crippen LogP contribution in [0.2, 0.25) is 0 Å². The summed E-state index contributed by atoms with van der Waals surface area (Å²) >= 11 is 0. The number of rotatable bonds is 5. The third-order valence-corrected chi connectivity index (χ3v) is 3.65. The Labute approximate surface area is 141 Å². The molecule has 5 heteroatoms. The predicted octanol–water partition coefficient (Wildman–Crippen LogP) is 3.30. The third-order valence-electron chi connectivity index (χ3n) is 3.65. The van der Waals surface area contributed by atoms with E-state index in [0.29, 0.717) is 5.56 Å². The zero-order valence-electron chi connectivity index (χ0n) is 13.7. The van der Waals surface area contributed by atoms with Gasteiger partial charge >= 0.3 is 5.97 Å². The number of hydrogen-bond acceptors (Lipinski definition) is 4. The molecule has 0 spiro atoms. The first-order valence-corrected chi connectivity index (χ1v) is 7.67. The lowest BCUT2D eigenvalue weighted by molar-refractivity contribution is 0.0472. The number of para-hydroxylation sites is 1. The molecule has 0 saturated heterocycles. The summed E-state index contributed by atoms with van der Waals surface area (Å²) in [4.78, 5) is 14.1. The van der Waals surface area contributed by atoms with Crippen LogP contribution in [0, 0.1) is 0 Å². The zero-order valence-corrected chi connectivity index (χ0v) is 13.7. The van der Waals surface area contributed by atoms with Crippen LogP contribution < -0.4 is 4.90 Å². The van der Waals surface area contributed by atoms with Crippen LogP contribution in [0.5, 0.6) is 0 Å². The molecule has 0 aliphatic heterocycles. The average Bonchev–Trinajstić information content (AvgIpc) is 3.09. The van der Waals surface area contributed by atoms with Gasteiger partial charge in [-0.15, -0.1) is 0 Å². The summed E-state index contributed by atoms with van der Waals surface area (Å²) in [6.07, 6.45) is 3.56. The highest BCUT2D eigenvalue weighted by molar-refractivity contribution is 5.89. The van der Waals surface area contributed by atoms with Crippen LogP contribution in [0.4, 0.5) is 5.69 Å². The molecule has 3 aromatic rings. The summed E-state index contributed by atoms with van der Waals surface area (Å²) in [7, 11) is 3.91. The first-order valence-electron chi connectivity index (χ1n) is 7.67. The Morgan fingerprint density at radius 1 is 1.08 bits per heavy atom. The maximum absolute atomic E-state index is 12.1. The van der Waals surface area contributed by atoms with Crippen LogP contribution in [0.1, 0.15) is 15.9 Å². The van der Waals surface area contributed by atoms with Crippen molar-refractivity contribution < 1.29 is 9.53 Å². The predicted molar refractivity (Wildman–Crippen MR) is 93.5 cm³/mol. The van der Waals surface area contributed by atoms with Gasteiger partial charge in [0.05, 0.1) is 17.4 Å². The smallest absolute Gasteiger partial charge is 0.338 e. The highest BCUT2D eigenvalue weighted by Crippen LogP contribution is 2.14. The molecule has 0 fully saturated rings. The molecule has 0 unspecified atom stereocenters. The molecule has 0 amide bonds. The van der Waals surface area contributed by atoms with E-state index in [1.54, 1.807) is 23.0 Å². The summed E-state index contributed by atoms with van der Waals surface area (Å²) in [6, 6.07) is 17.1. The summed E-state index contributed by atoms with van der Waals surface area (Å²) < 4.78 is 7.12. The molecular formula is C19H19N3O2. The third kappa shape index (κ3) is 3.63. The molecule has 5 nitrogen and oxygen atoms in total. The van der Waals surface area contributed by atoms with Crippen molar-refractivity contribution in [2.24, 2.45) is 0 Å². The van der Waals surface area contributed by atoms with Crippen LogP contribution in [0.25, 0.3) is 5.69 Å². The molecule has 3 rings (SSSR count). The molecule has 24 heavy (non-hydrogen) atoms. The van der Waals surface area contributed by atoms with Crippen molar-refractivity contribution in [3.8, 4) is 5.69 Å². The highest BCUT2D eigenvalue weighted by atomic mass is 16.5. The van der Waals surface area contributed by atoms with Gasteiger partial charge in [-0.25, -0.2) is 9.48 Å². The number of aromatic nitrogens is 2. The van der Waals surface area contributed by atoms with Gasteiger partial charge in [-0.05, 0) is 36.4 Å². The van der Waals surface area contributed by atoms with E-state index in [1.165, 1.54) is 0 Å². The number of nitrogens with zero attached hydrogens (tertiary/aromatic N) is 3. The van der Waals surface area contributed by atoms with Gasteiger partial charge in [-0.2, -0.15) is 5.10 Å². The normalized spacial score (nSPS) is 10.4. The van der Waals surface area contributed by atoms with Gasteiger partial charge in [0, 0.05) is 31.5 Å². The fourth-order valence-electron chi connectivity index (χ4n) is 2.28. The van der Waals surface area contributed by atoms with E-state index in [9.17, 15) is 4.79 Å². The monoisotopic (exact) mass is 321 g/mol. The van der Waals surface area contributed by atoms with E-state index in [-0.39, 0.29) is 12.6 Å². The second kappa shape index (κ2) is 7.00. The number of anilines is 1. The average molecular weight is 321 g/mol. The molecule has 0 saturated carbocycles. The topological polar surface area (TPSA) is 47.4 Å². The maximum atomic E-state index is 12.1. The number of benzene rings is 2. The van der Waals surface area contributed by atoms with Gasteiger partial charge in [0.25, 0.3) is 0 Å². The van der Waals surface area contributed by atoms with Crippen LogP contribution >= 0.6 is 0 Å². The Balaban J connectivity index is 1.61. The second-order valence-electron chi connectivity index (χ2n) is 5.65. The Morgan fingerprint density at radius 3 is 2.46 bits per heavy atom. The van der Waals surface area contributed by atoms with Crippen molar-refractivity contribution in [1.29, 1.82) is 0 Å². The molecule has 0 atom stereocenters. The summed E-state index contributed by atoms with van der Waals surface area (Å²) in [5, 5.41) is 4.29. The van der Waals surface area contributed by atoms with Crippen molar-refractivity contribution in [3.63, 3.8) is 0 Å². The van der Waals surface area contributed by atoms with Crippen molar-refractivity contribution >= 4 is 11.7 Å². The molecule has 0 aliphatic rings. The van der Waals surface area contributed by atoms with E-state index in [2.05, 4.69) is 5.10 Å². The van der Waals surface area contributed by atoms with Gasteiger partial charge in [-0.3, -0.25) is 0 Å². The number of esters is 1. The Bertz CT molecular complexity index is 808. The van der Waals surface area contributed by atoms with E-state index in [0.717, 1.165) is 16.9 Å². The molecule has 2 aromatic carbocycles. The standard InChI is InChI=1S/C19H19N3O2/c1-21(2)17-10-8-16(9-11-17)19(23)24-14-15-12-20-22(13-15)18-6-4-3-5-7-18/h3-13H,14H2,1-2H3. The van der Waals surface area contributed by atoms with Gasteiger partial charge < -0.3 is 9.64 Å². The van der Waals surface area contributed by atoms with Gasteiger partial charge in [0.2, 0.25) is 0 Å². The Morgan fingerprint density at radius 2 is 1.79 bits per heavy atom. The number of hydrogen-bond donors (Lipinski definition) is 0. The van der Waals surface area contributed by atoms with Gasteiger partial charge in [-0.1, -0.05) is 18.2 Å². The molecule has 122 valence electrons. The first kappa shape index (κ1) is 15.8. The van der Waals surface area contributed by atoms with Crippen molar-refractivity contribution in [2.45, 2.75) is 6.61 Å². The minimum Gasteiger partial charge on any atom is -0.457 e. The van der Waals surface area contributed by atoms with Gasteiger partial charge in [0.15, 0.2) is 0 Å². The lowest BCUT2D eigenvalue weighted by Crippen LogP contribution is -2.09. The highest BCUT2D eigenvalue weighted by Gasteiger charge is 2.09. The van der Waals surface area contributed by atoms with Crippen LogP contribution in [0.15, 0.2) is 67.0 Å². The van der Waals surface area contributed by atoms with Crippen molar-refractivity contribution in [2.75, 3.05) is 19.0 Å². The molecule has 0 aliphatic carbocycles. The number of carbonyl (C=O) groups excluding carboxylic acids is 1. The second-order valence-corrected chi connectivity index (χ2v) is 5.65. The summed E-state index contributed by atoms with van der Waals surface area (Å²) in [5.41, 5.74) is 3.39. The zero-order chi connectivity index (χ0) is 16.9. The summed E-state index contributed by atoms with van der Waals surface area (Å²) in [6.45, 7) is 0.196. The SMILES string of the molecule is CN(C)c1ccc(C(=O)OCc2cnn(-c3ccccc3)c2)cc1. The first-order chi connectivity index (χ1) is 11.6. The van der Waals surface area contributed by atoms with Crippen molar-refractivity contribution in [1.82, 2.24) is 9.78 Å². The minimum atomic E-state index is -0.340. The molecule has 0 N–H and O–H groups in total.